The van der Waals surface area contributed by atoms with Crippen LogP contribution in [-0.2, 0) is 17.8 Å². The van der Waals surface area contributed by atoms with Gasteiger partial charge < -0.3 is 14.6 Å². The second kappa shape index (κ2) is 8.50. The molecule has 1 aromatic heterocycles. The predicted molar refractivity (Wildman–Crippen MR) is 101 cm³/mol. The molecule has 0 fully saturated rings. The van der Waals surface area contributed by atoms with Gasteiger partial charge in [-0.2, -0.15) is 0 Å². The van der Waals surface area contributed by atoms with Gasteiger partial charge in [0.15, 0.2) is 0 Å². The Balaban J connectivity index is 0.00000225. The number of likely N-dealkylation sites (N-methyl/N-ethyl adjacent to an activating group) is 1. The van der Waals surface area contributed by atoms with E-state index in [1.165, 1.54) is 0 Å². The lowest BCUT2D eigenvalue weighted by atomic mass is 9.97. The van der Waals surface area contributed by atoms with Gasteiger partial charge in [-0.1, -0.05) is 38.5 Å². The minimum atomic E-state index is -0.142. The van der Waals surface area contributed by atoms with Gasteiger partial charge in [-0.15, -0.1) is 12.4 Å². The Labute approximate surface area is 155 Å². The van der Waals surface area contributed by atoms with Crippen LogP contribution in [0.3, 0.4) is 0 Å². The van der Waals surface area contributed by atoms with Crippen LogP contribution in [0.4, 0.5) is 0 Å². The average molecular weight is 364 g/mol. The van der Waals surface area contributed by atoms with Crippen molar-refractivity contribution < 1.29 is 9.21 Å². The predicted octanol–water partition coefficient (Wildman–Crippen LogP) is 3.28. The molecule has 0 radical (unpaired) electrons. The van der Waals surface area contributed by atoms with Crippen LogP contribution in [0.15, 0.2) is 34.7 Å². The zero-order valence-electron chi connectivity index (χ0n) is 15.0. The molecule has 0 saturated heterocycles. The van der Waals surface area contributed by atoms with E-state index in [1.54, 1.807) is 0 Å². The van der Waals surface area contributed by atoms with Crippen molar-refractivity contribution in [1.29, 1.82) is 0 Å². The number of oxazole rings is 1. The Morgan fingerprint density at radius 1 is 1.36 bits per heavy atom. The number of rotatable bonds is 5. The Hall–Kier alpha value is -1.85. The summed E-state index contributed by atoms with van der Waals surface area (Å²) in [5.74, 6) is 2.01. The molecule has 2 aromatic rings. The summed E-state index contributed by atoms with van der Waals surface area (Å²) in [5.41, 5.74) is 1.85. The van der Waals surface area contributed by atoms with Gasteiger partial charge in [0.2, 0.25) is 11.8 Å². The van der Waals surface area contributed by atoms with Crippen molar-refractivity contribution in [3.8, 4) is 11.5 Å². The first-order valence-corrected chi connectivity index (χ1v) is 8.64. The molecule has 1 aromatic carbocycles. The van der Waals surface area contributed by atoms with Gasteiger partial charge in [0.1, 0.15) is 11.5 Å². The van der Waals surface area contributed by atoms with Gasteiger partial charge in [-0.25, -0.2) is 4.98 Å². The number of nitrogens with zero attached hydrogens (tertiary/aromatic N) is 2. The number of benzene rings is 1. The fourth-order valence-electron chi connectivity index (χ4n) is 3.17. The molecular formula is C19H26ClN3O2. The first kappa shape index (κ1) is 19.5. The van der Waals surface area contributed by atoms with Crippen LogP contribution in [-0.4, -0.2) is 35.4 Å². The normalized spacial score (nSPS) is 15.9. The summed E-state index contributed by atoms with van der Waals surface area (Å²) in [4.78, 5) is 19.3. The number of halogens is 1. The quantitative estimate of drug-likeness (QED) is 0.885. The molecule has 0 spiro atoms. The number of nitrogens with one attached hydrogen (secondary N) is 1. The standard InChI is InChI=1S/C19H25N3O2.ClH/c1-4-13(2)17(20-3)19(23)22-11-10-16-15(12-22)21-18(24-16)14-8-6-5-7-9-14;/h5-9,13,17,20H,4,10-12H2,1-3H3;1H/t13-,17+;/m0./s1. The number of fused-ring (bicyclic) bond motifs is 1. The molecule has 25 heavy (non-hydrogen) atoms. The maximum Gasteiger partial charge on any atom is 0.240 e. The van der Waals surface area contributed by atoms with Crippen LogP contribution in [0.25, 0.3) is 11.5 Å². The molecule has 5 nitrogen and oxygen atoms in total. The van der Waals surface area contributed by atoms with Crippen LogP contribution in [0.2, 0.25) is 0 Å². The van der Waals surface area contributed by atoms with Crippen molar-refractivity contribution in [3.05, 3.63) is 41.8 Å². The molecular weight excluding hydrogens is 338 g/mol. The van der Waals surface area contributed by atoms with E-state index in [-0.39, 0.29) is 24.4 Å². The number of carbonyl (C=O) groups is 1. The van der Waals surface area contributed by atoms with E-state index in [9.17, 15) is 4.79 Å². The van der Waals surface area contributed by atoms with Gasteiger partial charge >= 0.3 is 0 Å². The highest BCUT2D eigenvalue weighted by Crippen LogP contribution is 2.26. The van der Waals surface area contributed by atoms with Crippen molar-refractivity contribution in [2.24, 2.45) is 5.92 Å². The number of aromatic nitrogens is 1. The number of amides is 1. The average Bonchev–Trinajstić information content (AvgIpc) is 3.06. The summed E-state index contributed by atoms with van der Waals surface area (Å²) in [5, 5.41) is 3.17. The molecule has 136 valence electrons. The molecule has 6 heteroatoms. The van der Waals surface area contributed by atoms with Gasteiger partial charge in [0, 0.05) is 18.5 Å². The van der Waals surface area contributed by atoms with Gasteiger partial charge in [0.05, 0.1) is 12.6 Å². The van der Waals surface area contributed by atoms with Crippen LogP contribution in [0.1, 0.15) is 31.7 Å². The molecule has 1 aliphatic heterocycles. The monoisotopic (exact) mass is 363 g/mol. The van der Waals surface area contributed by atoms with E-state index in [2.05, 4.69) is 24.1 Å². The molecule has 1 N–H and O–H groups in total. The molecule has 0 saturated carbocycles. The fraction of sp³-hybridized carbons (Fsp3) is 0.474. The number of hydrogen-bond acceptors (Lipinski definition) is 4. The first-order valence-electron chi connectivity index (χ1n) is 8.64. The maximum absolute atomic E-state index is 12.8. The lowest BCUT2D eigenvalue weighted by Gasteiger charge is -2.31. The minimum Gasteiger partial charge on any atom is -0.441 e. The molecule has 1 aliphatic rings. The number of hydrogen-bond donors (Lipinski definition) is 1. The topological polar surface area (TPSA) is 58.4 Å². The summed E-state index contributed by atoms with van der Waals surface area (Å²) < 4.78 is 5.91. The Morgan fingerprint density at radius 2 is 2.08 bits per heavy atom. The highest BCUT2D eigenvalue weighted by atomic mass is 35.5. The van der Waals surface area contributed by atoms with E-state index >= 15 is 0 Å². The highest BCUT2D eigenvalue weighted by molar-refractivity contribution is 5.85. The minimum absolute atomic E-state index is 0. The van der Waals surface area contributed by atoms with Crippen molar-refractivity contribution in [3.63, 3.8) is 0 Å². The van der Waals surface area contributed by atoms with Crippen LogP contribution in [0.5, 0.6) is 0 Å². The lowest BCUT2D eigenvalue weighted by molar-refractivity contribution is -0.135. The summed E-state index contributed by atoms with van der Waals surface area (Å²) in [6.07, 6.45) is 1.69. The van der Waals surface area contributed by atoms with Crippen molar-refractivity contribution in [2.75, 3.05) is 13.6 Å². The molecule has 1 amide bonds. The van der Waals surface area contributed by atoms with Crippen LogP contribution >= 0.6 is 12.4 Å². The third-order valence-corrected chi connectivity index (χ3v) is 4.85. The van der Waals surface area contributed by atoms with E-state index in [0.717, 1.165) is 29.9 Å². The van der Waals surface area contributed by atoms with Crippen LogP contribution < -0.4 is 5.32 Å². The molecule has 2 heterocycles. The number of carbonyl (C=O) groups excluding carboxylic acids is 1. The zero-order chi connectivity index (χ0) is 17.1. The fourth-order valence-corrected chi connectivity index (χ4v) is 3.17. The van der Waals surface area contributed by atoms with Gasteiger partial charge in [-0.3, -0.25) is 4.79 Å². The Kier molecular flexibility index (Phi) is 6.62. The summed E-state index contributed by atoms with van der Waals surface area (Å²) in [7, 11) is 1.85. The molecule has 3 rings (SSSR count). The van der Waals surface area contributed by atoms with E-state index in [1.807, 2.05) is 42.3 Å². The van der Waals surface area contributed by atoms with Gasteiger partial charge in [0.25, 0.3) is 0 Å². The van der Waals surface area contributed by atoms with E-state index < -0.39 is 0 Å². The molecule has 2 atom stereocenters. The largest absolute Gasteiger partial charge is 0.441 e. The summed E-state index contributed by atoms with van der Waals surface area (Å²) in [6.45, 7) is 5.43. The van der Waals surface area contributed by atoms with E-state index in [4.69, 9.17) is 4.42 Å². The van der Waals surface area contributed by atoms with Crippen molar-refractivity contribution in [1.82, 2.24) is 15.2 Å². The Morgan fingerprint density at radius 3 is 2.72 bits per heavy atom. The lowest BCUT2D eigenvalue weighted by Crippen LogP contribution is -2.49. The third kappa shape index (κ3) is 4.05. The highest BCUT2D eigenvalue weighted by Gasteiger charge is 2.31. The second-order valence-corrected chi connectivity index (χ2v) is 6.42. The first-order chi connectivity index (χ1) is 11.6. The maximum atomic E-state index is 12.8. The summed E-state index contributed by atoms with van der Waals surface area (Å²) in [6, 6.07) is 9.74. The smallest absolute Gasteiger partial charge is 0.240 e. The molecule has 0 unspecified atom stereocenters. The summed E-state index contributed by atoms with van der Waals surface area (Å²) >= 11 is 0. The molecule has 0 aliphatic carbocycles. The van der Waals surface area contributed by atoms with Gasteiger partial charge in [-0.05, 0) is 25.1 Å². The second-order valence-electron chi connectivity index (χ2n) is 6.42. The van der Waals surface area contributed by atoms with Crippen molar-refractivity contribution >= 4 is 18.3 Å². The Bertz CT molecular complexity index is 702. The molecule has 0 bridgehead atoms. The third-order valence-electron chi connectivity index (χ3n) is 4.85. The SMILES string of the molecule is CC[C@H](C)[C@@H](NC)C(=O)N1CCc2oc(-c3ccccc3)nc2C1.Cl. The van der Waals surface area contributed by atoms with E-state index in [0.29, 0.717) is 24.9 Å². The van der Waals surface area contributed by atoms with Crippen molar-refractivity contribution in [2.45, 2.75) is 39.3 Å². The zero-order valence-corrected chi connectivity index (χ0v) is 15.8. The van der Waals surface area contributed by atoms with Crippen LogP contribution in [0, 0.1) is 5.92 Å².